The van der Waals surface area contributed by atoms with Gasteiger partial charge in [-0.25, -0.2) is 0 Å². The number of carbonyl (C=O) groups is 1. The lowest BCUT2D eigenvalue weighted by Gasteiger charge is -2.16. The third-order valence-electron chi connectivity index (χ3n) is 4.47. The van der Waals surface area contributed by atoms with Crippen molar-refractivity contribution in [3.8, 4) is 11.8 Å². The van der Waals surface area contributed by atoms with Gasteiger partial charge in [-0.15, -0.1) is 0 Å². The molecule has 0 bridgehead atoms. The maximum atomic E-state index is 12.5. The van der Waals surface area contributed by atoms with Gasteiger partial charge in [-0.1, -0.05) is 18.2 Å². The first-order valence-electron chi connectivity index (χ1n) is 9.50. The van der Waals surface area contributed by atoms with E-state index >= 15 is 0 Å². The molecule has 0 aromatic heterocycles. The molecule has 6 heteroatoms. The highest BCUT2D eigenvalue weighted by Gasteiger charge is 2.14. The number of hydrogen-bond donors (Lipinski definition) is 2. The SMILES string of the molecule is Cc1ccc(NC(=O)C(C)Nc2ccc(OCc3cccc(C#N)c3)cc2)c(Br)c1. The van der Waals surface area contributed by atoms with Gasteiger partial charge in [0.25, 0.3) is 0 Å². The summed E-state index contributed by atoms with van der Waals surface area (Å²) >= 11 is 3.47. The summed E-state index contributed by atoms with van der Waals surface area (Å²) in [6.45, 7) is 4.19. The standard InChI is InChI=1S/C24H22BrN3O2/c1-16-6-11-23(22(25)12-16)28-24(29)17(2)27-20-7-9-21(10-8-20)30-15-19-5-3-4-18(13-19)14-26/h3-13,17,27H,15H2,1-2H3,(H,28,29). The molecular weight excluding hydrogens is 442 g/mol. The van der Waals surface area contributed by atoms with E-state index in [9.17, 15) is 4.79 Å². The number of ether oxygens (including phenoxy) is 1. The molecule has 2 N–H and O–H groups in total. The molecule has 0 aliphatic rings. The summed E-state index contributed by atoms with van der Waals surface area (Å²) in [5.74, 6) is 0.584. The van der Waals surface area contributed by atoms with Gasteiger partial charge in [-0.2, -0.15) is 5.26 Å². The van der Waals surface area contributed by atoms with Crippen LogP contribution in [0.15, 0.2) is 71.2 Å². The molecule has 152 valence electrons. The lowest BCUT2D eigenvalue weighted by Crippen LogP contribution is -2.31. The number of rotatable bonds is 7. The van der Waals surface area contributed by atoms with Gasteiger partial charge in [0.15, 0.2) is 0 Å². The average molecular weight is 464 g/mol. The molecule has 3 rings (SSSR count). The number of hydrogen-bond acceptors (Lipinski definition) is 4. The van der Waals surface area contributed by atoms with Crippen LogP contribution in [0.5, 0.6) is 5.75 Å². The Labute approximate surface area is 184 Å². The number of anilines is 2. The maximum Gasteiger partial charge on any atom is 0.246 e. The van der Waals surface area contributed by atoms with Gasteiger partial charge in [0, 0.05) is 10.2 Å². The molecule has 0 radical (unpaired) electrons. The molecule has 1 atom stereocenters. The second-order valence-corrected chi connectivity index (χ2v) is 7.82. The van der Waals surface area contributed by atoms with E-state index in [2.05, 4.69) is 32.6 Å². The van der Waals surface area contributed by atoms with Gasteiger partial charge in [0.05, 0.1) is 17.3 Å². The molecular formula is C24H22BrN3O2. The monoisotopic (exact) mass is 463 g/mol. The van der Waals surface area contributed by atoms with Gasteiger partial charge >= 0.3 is 0 Å². The fourth-order valence-corrected chi connectivity index (χ4v) is 3.42. The number of aryl methyl sites for hydroxylation is 1. The Hall–Kier alpha value is -3.30. The Balaban J connectivity index is 1.54. The second kappa shape index (κ2) is 9.95. The van der Waals surface area contributed by atoms with Crippen molar-refractivity contribution in [3.63, 3.8) is 0 Å². The molecule has 0 spiro atoms. The minimum Gasteiger partial charge on any atom is -0.489 e. The number of nitriles is 1. The summed E-state index contributed by atoms with van der Waals surface area (Å²) < 4.78 is 6.63. The van der Waals surface area contributed by atoms with Crippen molar-refractivity contribution < 1.29 is 9.53 Å². The Morgan fingerprint density at radius 2 is 1.90 bits per heavy atom. The predicted octanol–water partition coefficient (Wildman–Crippen LogP) is 5.65. The van der Waals surface area contributed by atoms with Crippen LogP contribution in [0.3, 0.4) is 0 Å². The number of nitrogens with one attached hydrogen (secondary N) is 2. The second-order valence-electron chi connectivity index (χ2n) is 6.96. The quantitative estimate of drug-likeness (QED) is 0.474. The smallest absolute Gasteiger partial charge is 0.246 e. The number of benzene rings is 3. The van der Waals surface area contributed by atoms with E-state index in [1.165, 1.54) is 0 Å². The zero-order valence-electron chi connectivity index (χ0n) is 16.8. The van der Waals surface area contributed by atoms with Gasteiger partial charge < -0.3 is 15.4 Å². The highest BCUT2D eigenvalue weighted by atomic mass is 79.9. The van der Waals surface area contributed by atoms with Crippen molar-refractivity contribution in [2.45, 2.75) is 26.5 Å². The molecule has 0 aliphatic heterocycles. The molecule has 0 heterocycles. The molecule has 0 saturated carbocycles. The topological polar surface area (TPSA) is 74.2 Å². The Morgan fingerprint density at radius 3 is 2.60 bits per heavy atom. The van der Waals surface area contributed by atoms with Crippen LogP contribution in [0.1, 0.15) is 23.6 Å². The van der Waals surface area contributed by atoms with Crippen LogP contribution in [-0.4, -0.2) is 11.9 Å². The van der Waals surface area contributed by atoms with E-state index in [-0.39, 0.29) is 5.91 Å². The predicted molar refractivity (Wildman–Crippen MR) is 123 cm³/mol. The van der Waals surface area contributed by atoms with Crippen molar-refractivity contribution in [2.75, 3.05) is 10.6 Å². The molecule has 0 saturated heterocycles. The zero-order valence-corrected chi connectivity index (χ0v) is 18.4. The third kappa shape index (κ3) is 5.85. The molecule has 30 heavy (non-hydrogen) atoms. The lowest BCUT2D eigenvalue weighted by molar-refractivity contribution is -0.116. The van der Waals surface area contributed by atoms with Crippen molar-refractivity contribution in [1.29, 1.82) is 5.26 Å². The Kier molecular flexibility index (Phi) is 7.10. The Bertz CT molecular complexity index is 1070. The van der Waals surface area contributed by atoms with Gasteiger partial charge in [-0.05, 0) is 89.4 Å². The van der Waals surface area contributed by atoms with Crippen molar-refractivity contribution >= 4 is 33.2 Å². The first kappa shape index (κ1) is 21.4. The van der Waals surface area contributed by atoms with E-state index in [1.54, 1.807) is 6.07 Å². The van der Waals surface area contributed by atoms with Gasteiger partial charge in [0.2, 0.25) is 5.91 Å². The van der Waals surface area contributed by atoms with Gasteiger partial charge in [-0.3, -0.25) is 4.79 Å². The van der Waals surface area contributed by atoms with E-state index in [4.69, 9.17) is 10.00 Å². The molecule has 5 nitrogen and oxygen atoms in total. The van der Waals surface area contributed by atoms with E-state index < -0.39 is 6.04 Å². The van der Waals surface area contributed by atoms with Crippen LogP contribution in [0.4, 0.5) is 11.4 Å². The summed E-state index contributed by atoms with van der Waals surface area (Å²) in [6.07, 6.45) is 0. The average Bonchev–Trinajstić information content (AvgIpc) is 2.75. The van der Waals surface area contributed by atoms with E-state index in [0.717, 1.165) is 27.0 Å². The molecule has 1 amide bonds. The minimum absolute atomic E-state index is 0.128. The van der Waals surface area contributed by atoms with Crippen LogP contribution in [-0.2, 0) is 11.4 Å². The Morgan fingerprint density at radius 1 is 1.13 bits per heavy atom. The van der Waals surface area contributed by atoms with Crippen LogP contribution in [0, 0.1) is 18.3 Å². The molecule has 1 unspecified atom stereocenters. The number of carbonyl (C=O) groups excluding carboxylic acids is 1. The van der Waals surface area contributed by atoms with Crippen LogP contribution >= 0.6 is 15.9 Å². The summed E-state index contributed by atoms with van der Waals surface area (Å²) in [6, 6.07) is 22.3. The lowest BCUT2D eigenvalue weighted by atomic mass is 10.1. The van der Waals surface area contributed by atoms with Crippen LogP contribution in [0.2, 0.25) is 0 Å². The first-order valence-corrected chi connectivity index (χ1v) is 10.3. The van der Waals surface area contributed by atoms with Crippen molar-refractivity contribution in [1.82, 2.24) is 0 Å². The third-order valence-corrected chi connectivity index (χ3v) is 5.13. The number of halogens is 1. The summed E-state index contributed by atoms with van der Waals surface area (Å²) in [5, 5.41) is 15.1. The zero-order chi connectivity index (χ0) is 21.5. The minimum atomic E-state index is -0.418. The largest absolute Gasteiger partial charge is 0.489 e. The number of nitrogens with zero attached hydrogens (tertiary/aromatic N) is 1. The van der Waals surface area contributed by atoms with Gasteiger partial charge in [0.1, 0.15) is 18.4 Å². The summed E-state index contributed by atoms with van der Waals surface area (Å²) in [4.78, 5) is 12.5. The van der Waals surface area contributed by atoms with Crippen molar-refractivity contribution in [2.24, 2.45) is 0 Å². The molecule has 0 aliphatic carbocycles. The van der Waals surface area contributed by atoms with Crippen LogP contribution in [0.25, 0.3) is 0 Å². The van der Waals surface area contributed by atoms with Crippen LogP contribution < -0.4 is 15.4 Å². The summed E-state index contributed by atoms with van der Waals surface area (Å²) in [5.41, 5.74) is 4.22. The fourth-order valence-electron chi connectivity index (χ4n) is 2.82. The molecule has 3 aromatic rings. The highest BCUT2D eigenvalue weighted by molar-refractivity contribution is 9.10. The first-order chi connectivity index (χ1) is 14.4. The molecule has 3 aromatic carbocycles. The number of amides is 1. The maximum absolute atomic E-state index is 12.5. The fraction of sp³-hybridized carbons (Fsp3) is 0.167. The van der Waals surface area contributed by atoms with E-state index in [1.807, 2.05) is 74.5 Å². The summed E-state index contributed by atoms with van der Waals surface area (Å²) in [7, 11) is 0. The normalized spacial score (nSPS) is 11.3. The molecule has 0 fully saturated rings. The van der Waals surface area contributed by atoms with Crippen molar-refractivity contribution in [3.05, 3.63) is 87.9 Å². The van der Waals surface area contributed by atoms with E-state index in [0.29, 0.717) is 17.9 Å². The highest BCUT2D eigenvalue weighted by Crippen LogP contribution is 2.24.